The molecule has 1 amide bonds. The summed E-state index contributed by atoms with van der Waals surface area (Å²) < 4.78 is 69.6. The first-order chi connectivity index (χ1) is 17.8. The number of halogens is 2. The SMILES string of the molecule is CC1(Cl)C=CC=C(S(=O)(=O)N[C@@H](Cc2ccc(C3CC(=O)NS3(=O)=O)cc2)c2nc3ccc(F)cc3[nH]2)C1. The van der Waals surface area contributed by atoms with E-state index in [1.807, 2.05) is 4.72 Å². The van der Waals surface area contributed by atoms with Crippen LogP contribution < -0.4 is 9.44 Å². The Morgan fingerprint density at radius 1 is 1.24 bits per heavy atom. The van der Waals surface area contributed by atoms with Crippen molar-refractivity contribution in [3.05, 3.63) is 88.4 Å². The standard InChI is InChI=1S/C25H24ClFN4O5S2/c1-25(26)10-2-3-18(14-25)37(33,34)30-21(24-28-19-9-8-17(27)12-20(19)29-24)11-15-4-6-16(7-5-15)22-13-23(32)31-38(22,35)36/h2-10,12,21-22,30H,11,13-14H2,1H3,(H,28,29)(H,31,32)/t21-,22?,25?/m0/s1. The van der Waals surface area contributed by atoms with Gasteiger partial charge in [-0.1, -0.05) is 36.4 Å². The molecule has 13 heteroatoms. The molecular formula is C25H24ClFN4O5S2. The number of alkyl halides is 1. The number of aromatic nitrogens is 2. The van der Waals surface area contributed by atoms with E-state index in [2.05, 4.69) is 14.7 Å². The molecule has 5 rings (SSSR count). The average molecular weight is 579 g/mol. The number of hydrogen-bond acceptors (Lipinski definition) is 6. The minimum absolute atomic E-state index is 0.0930. The van der Waals surface area contributed by atoms with Crippen LogP contribution in [0, 0.1) is 5.82 Å². The molecule has 1 fully saturated rings. The zero-order chi connectivity index (χ0) is 27.3. The van der Waals surface area contributed by atoms with E-state index >= 15 is 0 Å². The molecule has 2 unspecified atom stereocenters. The normalized spacial score (nSPS) is 23.8. The van der Waals surface area contributed by atoms with Gasteiger partial charge in [0.2, 0.25) is 26.0 Å². The fourth-order valence-electron chi connectivity index (χ4n) is 4.57. The summed E-state index contributed by atoms with van der Waals surface area (Å²) in [4.78, 5) is 18.4. The number of allylic oxidation sites excluding steroid dienone is 4. The molecule has 1 aromatic heterocycles. The van der Waals surface area contributed by atoms with Crippen LogP contribution in [0.3, 0.4) is 0 Å². The van der Waals surface area contributed by atoms with Crippen molar-refractivity contribution in [3.8, 4) is 0 Å². The number of nitrogens with one attached hydrogen (secondary N) is 3. The molecule has 2 aliphatic rings. The van der Waals surface area contributed by atoms with E-state index in [9.17, 15) is 26.0 Å². The van der Waals surface area contributed by atoms with Gasteiger partial charge in [-0.25, -0.2) is 30.9 Å². The Labute approximate surface area is 224 Å². The summed E-state index contributed by atoms with van der Waals surface area (Å²) in [5.74, 6) is -0.738. The predicted molar refractivity (Wildman–Crippen MR) is 142 cm³/mol. The average Bonchev–Trinajstić information content (AvgIpc) is 3.37. The largest absolute Gasteiger partial charge is 0.341 e. The third kappa shape index (κ3) is 5.53. The molecule has 2 heterocycles. The summed E-state index contributed by atoms with van der Waals surface area (Å²) in [5, 5.41) is -0.986. The first kappa shape index (κ1) is 26.5. The molecule has 2 aromatic carbocycles. The molecule has 3 atom stereocenters. The summed E-state index contributed by atoms with van der Waals surface area (Å²) in [6.07, 6.45) is 4.88. The van der Waals surface area contributed by atoms with E-state index < -0.39 is 47.9 Å². The molecule has 38 heavy (non-hydrogen) atoms. The quantitative estimate of drug-likeness (QED) is 0.366. The maximum Gasteiger partial charge on any atom is 0.242 e. The first-order valence-electron chi connectivity index (χ1n) is 11.7. The summed E-state index contributed by atoms with van der Waals surface area (Å²) in [6, 6.07) is 9.73. The predicted octanol–water partition coefficient (Wildman–Crippen LogP) is 3.64. The zero-order valence-corrected chi connectivity index (χ0v) is 22.5. The van der Waals surface area contributed by atoms with E-state index in [0.29, 0.717) is 22.2 Å². The summed E-state index contributed by atoms with van der Waals surface area (Å²) in [5.41, 5.74) is 2.01. The monoisotopic (exact) mass is 578 g/mol. The van der Waals surface area contributed by atoms with E-state index in [1.54, 1.807) is 43.3 Å². The lowest BCUT2D eigenvalue weighted by Crippen LogP contribution is -2.34. The summed E-state index contributed by atoms with van der Waals surface area (Å²) in [7, 11) is -7.79. The van der Waals surface area contributed by atoms with Crippen LogP contribution in [0.15, 0.2) is 65.6 Å². The van der Waals surface area contributed by atoms with Crippen LogP contribution >= 0.6 is 11.6 Å². The lowest BCUT2D eigenvalue weighted by atomic mass is 10.0. The van der Waals surface area contributed by atoms with Gasteiger partial charge in [-0.05, 0) is 48.7 Å². The highest BCUT2D eigenvalue weighted by atomic mass is 35.5. The van der Waals surface area contributed by atoms with E-state index in [4.69, 9.17) is 11.6 Å². The van der Waals surface area contributed by atoms with Crippen molar-refractivity contribution >= 4 is 48.6 Å². The topological polar surface area (TPSA) is 138 Å². The maximum atomic E-state index is 13.8. The van der Waals surface area contributed by atoms with Crippen molar-refractivity contribution in [2.45, 2.75) is 42.4 Å². The second-order valence-corrected chi connectivity index (χ2v) is 14.1. The van der Waals surface area contributed by atoms with Crippen molar-refractivity contribution in [2.75, 3.05) is 0 Å². The van der Waals surface area contributed by atoms with Crippen LogP contribution in [0.25, 0.3) is 11.0 Å². The van der Waals surface area contributed by atoms with Crippen molar-refractivity contribution in [1.82, 2.24) is 19.4 Å². The molecule has 0 radical (unpaired) electrons. The Balaban J connectivity index is 1.46. The number of carbonyl (C=O) groups is 1. The molecule has 0 spiro atoms. The summed E-state index contributed by atoms with van der Waals surface area (Å²) >= 11 is 6.38. The van der Waals surface area contributed by atoms with Gasteiger partial charge in [0.15, 0.2) is 0 Å². The van der Waals surface area contributed by atoms with Gasteiger partial charge in [-0.15, -0.1) is 11.6 Å². The third-order valence-corrected chi connectivity index (χ3v) is 10.00. The Hall–Kier alpha value is -3.06. The van der Waals surface area contributed by atoms with E-state index in [0.717, 1.165) is 0 Å². The van der Waals surface area contributed by atoms with Gasteiger partial charge in [0.1, 0.15) is 16.9 Å². The van der Waals surface area contributed by atoms with Crippen LogP contribution in [0.5, 0.6) is 0 Å². The number of carbonyl (C=O) groups excluding carboxylic acids is 1. The second kappa shape index (κ2) is 9.60. The number of benzene rings is 2. The number of amides is 1. The van der Waals surface area contributed by atoms with Crippen molar-refractivity contribution in [3.63, 3.8) is 0 Å². The Bertz CT molecular complexity index is 1700. The smallest absolute Gasteiger partial charge is 0.242 e. The van der Waals surface area contributed by atoms with Crippen LogP contribution in [-0.2, 0) is 31.3 Å². The molecule has 3 aromatic rings. The number of H-pyrrole nitrogens is 1. The molecular weight excluding hydrogens is 555 g/mol. The van der Waals surface area contributed by atoms with Gasteiger partial charge < -0.3 is 4.98 Å². The molecule has 1 aliphatic heterocycles. The fraction of sp³-hybridized carbons (Fsp3) is 0.280. The first-order valence-corrected chi connectivity index (χ1v) is 15.1. The molecule has 9 nitrogen and oxygen atoms in total. The van der Waals surface area contributed by atoms with Crippen LogP contribution in [-0.4, -0.2) is 37.6 Å². The van der Waals surface area contributed by atoms with Gasteiger partial charge in [-0.2, -0.15) is 0 Å². The van der Waals surface area contributed by atoms with Gasteiger partial charge in [-0.3, -0.25) is 9.52 Å². The molecule has 3 N–H and O–H groups in total. The summed E-state index contributed by atoms with van der Waals surface area (Å²) in [6.45, 7) is 1.72. The molecule has 0 saturated carbocycles. The minimum Gasteiger partial charge on any atom is -0.341 e. The maximum absolute atomic E-state index is 13.8. The van der Waals surface area contributed by atoms with Crippen LogP contribution in [0.4, 0.5) is 4.39 Å². The van der Waals surface area contributed by atoms with Crippen molar-refractivity contribution < 1.29 is 26.0 Å². The number of hydrogen-bond donors (Lipinski definition) is 3. The Kier molecular flexibility index (Phi) is 6.70. The van der Waals surface area contributed by atoms with Gasteiger partial charge in [0, 0.05) is 6.42 Å². The van der Waals surface area contributed by atoms with E-state index in [-0.39, 0.29) is 30.0 Å². The lowest BCUT2D eigenvalue weighted by Gasteiger charge is -2.24. The van der Waals surface area contributed by atoms with Gasteiger partial charge in [0.05, 0.1) is 33.3 Å². The number of fused-ring (bicyclic) bond motifs is 1. The number of sulfonamides is 2. The highest BCUT2D eigenvalue weighted by Crippen LogP contribution is 2.33. The highest BCUT2D eigenvalue weighted by molar-refractivity contribution is 7.93. The molecule has 1 aliphatic carbocycles. The van der Waals surface area contributed by atoms with E-state index in [1.165, 1.54) is 24.3 Å². The molecule has 200 valence electrons. The van der Waals surface area contributed by atoms with Gasteiger partial charge >= 0.3 is 0 Å². The highest BCUT2D eigenvalue weighted by Gasteiger charge is 2.38. The zero-order valence-electron chi connectivity index (χ0n) is 20.1. The lowest BCUT2D eigenvalue weighted by molar-refractivity contribution is -0.118. The van der Waals surface area contributed by atoms with Crippen molar-refractivity contribution in [2.24, 2.45) is 0 Å². The number of aromatic amines is 1. The number of nitrogens with zero attached hydrogens (tertiary/aromatic N) is 1. The minimum atomic E-state index is -3.99. The van der Waals surface area contributed by atoms with Crippen molar-refractivity contribution in [1.29, 1.82) is 0 Å². The third-order valence-electron chi connectivity index (χ3n) is 6.47. The molecule has 1 saturated heterocycles. The van der Waals surface area contributed by atoms with Crippen LogP contribution in [0.1, 0.15) is 48.0 Å². The second-order valence-electron chi connectivity index (χ2n) is 9.61. The Morgan fingerprint density at radius 2 is 1.97 bits per heavy atom. The van der Waals surface area contributed by atoms with Crippen LogP contribution in [0.2, 0.25) is 0 Å². The molecule has 0 bridgehead atoms. The van der Waals surface area contributed by atoms with Gasteiger partial charge in [0.25, 0.3) is 0 Å². The number of imidazole rings is 1. The fourth-order valence-corrected chi connectivity index (χ4v) is 7.77. The Morgan fingerprint density at radius 3 is 2.63 bits per heavy atom. The number of rotatable bonds is 7.